The van der Waals surface area contributed by atoms with E-state index in [0.717, 1.165) is 24.3 Å². The van der Waals surface area contributed by atoms with Crippen LogP contribution in [0, 0.1) is 0 Å². The van der Waals surface area contributed by atoms with Gasteiger partial charge in [-0.2, -0.15) is 0 Å². The van der Waals surface area contributed by atoms with E-state index >= 15 is 0 Å². The Bertz CT molecular complexity index is 1330. The van der Waals surface area contributed by atoms with Crippen LogP contribution in [0.25, 0.3) is 33.4 Å². The average molecular weight is 460 g/mol. The van der Waals surface area contributed by atoms with Gasteiger partial charge in [0.1, 0.15) is 11.3 Å². The molecule has 3 aromatic heterocycles. The van der Waals surface area contributed by atoms with E-state index in [2.05, 4.69) is 32.0 Å². The predicted molar refractivity (Wildman–Crippen MR) is 129 cm³/mol. The van der Waals surface area contributed by atoms with Crippen LogP contribution in [0.1, 0.15) is 11.7 Å². The molecule has 174 valence electrons. The van der Waals surface area contributed by atoms with Gasteiger partial charge in [-0.25, -0.2) is 9.97 Å². The summed E-state index contributed by atoms with van der Waals surface area (Å²) in [7, 11) is 0. The zero-order chi connectivity index (χ0) is 23.5. The predicted octanol–water partition coefficient (Wildman–Crippen LogP) is 1.95. The highest BCUT2D eigenvalue weighted by Crippen LogP contribution is 2.30. The molecule has 34 heavy (non-hydrogen) atoms. The molecule has 9 nitrogen and oxygen atoms in total. The monoisotopic (exact) mass is 459 g/mol. The van der Waals surface area contributed by atoms with Gasteiger partial charge in [-0.3, -0.25) is 9.78 Å². The first-order chi connectivity index (χ1) is 16.7. The highest BCUT2D eigenvalue weighted by atomic mass is 16.5. The van der Waals surface area contributed by atoms with Crippen molar-refractivity contribution in [1.82, 2.24) is 19.9 Å². The molecule has 0 spiro atoms. The van der Waals surface area contributed by atoms with Crippen LogP contribution in [0.15, 0.2) is 59.7 Å². The van der Waals surface area contributed by atoms with E-state index < -0.39 is 5.92 Å². The quantitative estimate of drug-likeness (QED) is 0.400. The molecule has 1 aromatic carbocycles. The van der Waals surface area contributed by atoms with E-state index in [9.17, 15) is 15.0 Å². The summed E-state index contributed by atoms with van der Waals surface area (Å²) in [4.78, 5) is 31.7. The lowest BCUT2D eigenvalue weighted by Gasteiger charge is -2.28. The van der Waals surface area contributed by atoms with Crippen molar-refractivity contribution in [2.75, 3.05) is 44.4 Å². The van der Waals surface area contributed by atoms with Gasteiger partial charge in [0.2, 0.25) is 0 Å². The van der Waals surface area contributed by atoms with Crippen molar-refractivity contribution in [2.45, 2.75) is 5.92 Å². The van der Waals surface area contributed by atoms with Crippen LogP contribution in [0.2, 0.25) is 0 Å². The number of pyridine rings is 2. The van der Waals surface area contributed by atoms with Gasteiger partial charge in [0, 0.05) is 42.3 Å². The summed E-state index contributed by atoms with van der Waals surface area (Å²) in [6, 6.07) is 13.5. The normalized spacial score (nSPS) is 14.1. The number of hydrogen-bond acceptors (Lipinski definition) is 8. The molecule has 1 fully saturated rings. The maximum absolute atomic E-state index is 13.0. The smallest absolute Gasteiger partial charge is 0.258 e. The number of rotatable bonds is 6. The fourth-order valence-corrected chi connectivity index (χ4v) is 4.10. The lowest BCUT2D eigenvalue weighted by molar-refractivity contribution is 0.122. The van der Waals surface area contributed by atoms with Crippen molar-refractivity contribution in [3.8, 4) is 22.5 Å². The SMILES string of the molecule is O=c1[nH]c(C(CO)CO)nc2c(-c3cccnc3)nc(-c3ccc(N4CCOCC4)cc3)cc12. The molecule has 0 aliphatic carbocycles. The summed E-state index contributed by atoms with van der Waals surface area (Å²) in [5.41, 5.74) is 3.89. The lowest BCUT2D eigenvalue weighted by atomic mass is 10.0. The maximum Gasteiger partial charge on any atom is 0.258 e. The van der Waals surface area contributed by atoms with E-state index in [0.29, 0.717) is 41.1 Å². The van der Waals surface area contributed by atoms with Crippen LogP contribution in [0.4, 0.5) is 5.69 Å². The second kappa shape index (κ2) is 9.68. The number of ether oxygens (including phenoxy) is 1. The molecule has 4 aromatic rings. The van der Waals surface area contributed by atoms with Gasteiger partial charge in [0.05, 0.1) is 49.1 Å². The Morgan fingerprint density at radius 2 is 1.79 bits per heavy atom. The number of morpholine rings is 1. The van der Waals surface area contributed by atoms with E-state index in [-0.39, 0.29) is 24.6 Å². The highest BCUT2D eigenvalue weighted by Gasteiger charge is 2.19. The number of benzene rings is 1. The molecule has 3 N–H and O–H groups in total. The molecule has 0 unspecified atom stereocenters. The lowest BCUT2D eigenvalue weighted by Crippen LogP contribution is -2.36. The molecule has 0 atom stereocenters. The molecule has 9 heteroatoms. The van der Waals surface area contributed by atoms with Gasteiger partial charge < -0.3 is 24.8 Å². The minimum Gasteiger partial charge on any atom is -0.396 e. The second-order valence-electron chi connectivity index (χ2n) is 8.15. The number of aromatic amines is 1. The first-order valence-electron chi connectivity index (χ1n) is 11.2. The Kier molecular flexibility index (Phi) is 6.31. The average Bonchev–Trinajstić information content (AvgIpc) is 2.90. The number of aromatic nitrogens is 4. The third-order valence-electron chi connectivity index (χ3n) is 6.01. The van der Waals surface area contributed by atoms with Crippen LogP contribution >= 0.6 is 0 Å². The number of aliphatic hydroxyl groups excluding tert-OH is 2. The van der Waals surface area contributed by atoms with Crippen molar-refractivity contribution in [3.63, 3.8) is 0 Å². The zero-order valence-corrected chi connectivity index (χ0v) is 18.5. The second-order valence-corrected chi connectivity index (χ2v) is 8.15. The summed E-state index contributed by atoms with van der Waals surface area (Å²) >= 11 is 0. The maximum atomic E-state index is 13.0. The molecule has 1 aliphatic heterocycles. The molecule has 1 saturated heterocycles. The van der Waals surface area contributed by atoms with Gasteiger partial charge in [-0.05, 0) is 30.3 Å². The molecule has 0 saturated carbocycles. The summed E-state index contributed by atoms with van der Waals surface area (Å²) in [5.74, 6) is -0.469. The first-order valence-corrected chi connectivity index (χ1v) is 11.2. The van der Waals surface area contributed by atoms with Crippen LogP contribution in [-0.4, -0.2) is 69.7 Å². The fraction of sp³-hybridized carbons (Fsp3) is 0.280. The molecular formula is C25H25N5O4. The van der Waals surface area contributed by atoms with E-state index in [4.69, 9.17) is 9.72 Å². The van der Waals surface area contributed by atoms with Crippen molar-refractivity contribution in [3.05, 3.63) is 71.0 Å². The standard InChI is InChI=1S/C25H25N5O4/c31-14-18(15-32)24-28-23-20(25(33)29-24)12-21(27-22(23)17-2-1-7-26-13-17)16-3-5-19(6-4-16)30-8-10-34-11-9-30/h1-7,12-13,18,31-32H,8-11,14-15H2,(H,28,29,33). The number of nitrogens with zero attached hydrogens (tertiary/aromatic N) is 4. The van der Waals surface area contributed by atoms with Crippen molar-refractivity contribution in [1.29, 1.82) is 0 Å². The molecular weight excluding hydrogens is 434 g/mol. The van der Waals surface area contributed by atoms with Crippen molar-refractivity contribution >= 4 is 16.6 Å². The first kappa shape index (κ1) is 22.1. The van der Waals surface area contributed by atoms with Gasteiger partial charge in [-0.15, -0.1) is 0 Å². The molecule has 0 amide bonds. The minimum atomic E-state index is -0.689. The third-order valence-corrected chi connectivity index (χ3v) is 6.01. The van der Waals surface area contributed by atoms with Gasteiger partial charge >= 0.3 is 0 Å². The molecule has 4 heterocycles. The number of nitrogens with one attached hydrogen (secondary N) is 1. The summed E-state index contributed by atoms with van der Waals surface area (Å²) in [6.07, 6.45) is 3.34. The van der Waals surface area contributed by atoms with Crippen LogP contribution in [0.5, 0.6) is 0 Å². The highest BCUT2D eigenvalue weighted by molar-refractivity contribution is 5.93. The number of H-pyrrole nitrogens is 1. The number of hydrogen-bond donors (Lipinski definition) is 3. The Morgan fingerprint density at radius 3 is 2.47 bits per heavy atom. The van der Waals surface area contributed by atoms with E-state index in [1.807, 2.05) is 18.2 Å². The van der Waals surface area contributed by atoms with Crippen molar-refractivity contribution < 1.29 is 14.9 Å². The van der Waals surface area contributed by atoms with Gasteiger partial charge in [-0.1, -0.05) is 12.1 Å². The molecule has 1 aliphatic rings. The molecule has 0 bridgehead atoms. The minimum absolute atomic E-state index is 0.219. The summed E-state index contributed by atoms with van der Waals surface area (Å²) < 4.78 is 5.44. The molecule has 0 radical (unpaired) electrons. The largest absolute Gasteiger partial charge is 0.396 e. The van der Waals surface area contributed by atoms with E-state index in [1.54, 1.807) is 24.5 Å². The van der Waals surface area contributed by atoms with Gasteiger partial charge in [0.15, 0.2) is 0 Å². The summed E-state index contributed by atoms with van der Waals surface area (Å²) in [6.45, 7) is 2.46. The Balaban J connectivity index is 1.64. The molecule has 5 rings (SSSR count). The Morgan fingerprint density at radius 1 is 1.03 bits per heavy atom. The van der Waals surface area contributed by atoms with E-state index in [1.165, 1.54) is 0 Å². The third kappa shape index (κ3) is 4.28. The number of anilines is 1. The van der Waals surface area contributed by atoms with Crippen LogP contribution in [0.3, 0.4) is 0 Å². The zero-order valence-electron chi connectivity index (χ0n) is 18.5. The Labute approximate surface area is 195 Å². The van der Waals surface area contributed by atoms with Crippen molar-refractivity contribution in [2.24, 2.45) is 0 Å². The fourth-order valence-electron chi connectivity index (χ4n) is 4.10. The number of fused-ring (bicyclic) bond motifs is 1. The van der Waals surface area contributed by atoms with Gasteiger partial charge in [0.25, 0.3) is 5.56 Å². The summed E-state index contributed by atoms with van der Waals surface area (Å²) in [5, 5.41) is 19.5. The van der Waals surface area contributed by atoms with Crippen LogP contribution < -0.4 is 10.5 Å². The Hall–Kier alpha value is -3.66. The van der Waals surface area contributed by atoms with Crippen LogP contribution in [-0.2, 0) is 4.74 Å². The topological polar surface area (TPSA) is 124 Å². The number of aliphatic hydroxyl groups is 2.